The fraction of sp³-hybridized carbons (Fsp3) is 0.750. The third-order valence-corrected chi connectivity index (χ3v) is 3.59. The van der Waals surface area contributed by atoms with Gasteiger partial charge in [0.25, 0.3) is 5.97 Å². The molecule has 3 unspecified atom stereocenters. The van der Waals surface area contributed by atoms with Crippen molar-refractivity contribution >= 4 is 0 Å². The van der Waals surface area contributed by atoms with Crippen molar-refractivity contribution in [2.24, 2.45) is 0 Å². The number of aromatic nitrogens is 2. The lowest BCUT2D eigenvalue weighted by Crippen LogP contribution is -2.27. The largest absolute Gasteiger partial charge is 0.390 e. The van der Waals surface area contributed by atoms with Gasteiger partial charge in [-0.05, 0) is 19.3 Å². The molecule has 9 heteroatoms. The second kappa shape index (κ2) is 10.7. The zero-order valence-electron chi connectivity index (χ0n) is 14.3. The van der Waals surface area contributed by atoms with E-state index in [0.717, 1.165) is 12.8 Å². The average Bonchev–Trinajstić information content (AvgIpc) is 2.54. The summed E-state index contributed by atoms with van der Waals surface area (Å²) < 4.78 is 5.12. The van der Waals surface area contributed by atoms with Crippen molar-refractivity contribution in [3.63, 3.8) is 0 Å². The minimum atomic E-state index is -2.70. The standard InChI is InChI=1S/C16H28N2O7/c1-2-3-7-25-14(20)8-13(19)15(21)12-10-17-11(9-18-12)5-4-6-16(22,23)24/h9-10,13-15,19-24H,2-8H2,1H3. The fourth-order valence-electron chi connectivity index (χ4n) is 2.12. The van der Waals surface area contributed by atoms with Crippen molar-refractivity contribution in [1.82, 2.24) is 9.97 Å². The summed E-state index contributed by atoms with van der Waals surface area (Å²) in [6.07, 6.45) is 0.949. The van der Waals surface area contributed by atoms with Crippen molar-refractivity contribution in [3.8, 4) is 0 Å². The van der Waals surface area contributed by atoms with Crippen LogP contribution in [0.4, 0.5) is 0 Å². The first-order valence-electron chi connectivity index (χ1n) is 8.36. The molecule has 0 saturated heterocycles. The van der Waals surface area contributed by atoms with Gasteiger partial charge in [0, 0.05) is 25.6 Å². The molecule has 1 heterocycles. The molecule has 0 aliphatic heterocycles. The molecule has 0 saturated carbocycles. The maximum absolute atomic E-state index is 10.1. The zero-order valence-corrected chi connectivity index (χ0v) is 14.3. The van der Waals surface area contributed by atoms with Crippen LogP contribution in [-0.2, 0) is 11.2 Å². The van der Waals surface area contributed by atoms with E-state index in [1.165, 1.54) is 12.4 Å². The van der Waals surface area contributed by atoms with Crippen molar-refractivity contribution < 1.29 is 35.4 Å². The van der Waals surface area contributed by atoms with Crippen LogP contribution in [0.3, 0.4) is 0 Å². The highest BCUT2D eigenvalue weighted by Crippen LogP contribution is 2.18. The van der Waals surface area contributed by atoms with E-state index >= 15 is 0 Å². The van der Waals surface area contributed by atoms with Crippen LogP contribution in [0.25, 0.3) is 0 Å². The Labute approximate surface area is 146 Å². The van der Waals surface area contributed by atoms with Crippen LogP contribution in [0.2, 0.25) is 0 Å². The lowest BCUT2D eigenvalue weighted by molar-refractivity contribution is -0.314. The number of aliphatic hydroxyl groups excluding tert-OH is 3. The quantitative estimate of drug-likeness (QED) is 0.210. The van der Waals surface area contributed by atoms with Gasteiger partial charge in [0.2, 0.25) is 0 Å². The van der Waals surface area contributed by atoms with Gasteiger partial charge in [0.05, 0.1) is 23.7 Å². The number of hydrogen-bond donors (Lipinski definition) is 6. The molecule has 0 fully saturated rings. The van der Waals surface area contributed by atoms with E-state index in [2.05, 4.69) is 9.97 Å². The van der Waals surface area contributed by atoms with Gasteiger partial charge in [0.1, 0.15) is 6.10 Å². The van der Waals surface area contributed by atoms with Gasteiger partial charge in [-0.25, -0.2) is 0 Å². The Kier molecular flexibility index (Phi) is 9.36. The summed E-state index contributed by atoms with van der Waals surface area (Å²) in [6, 6.07) is 0. The molecular formula is C16H28N2O7. The molecular weight excluding hydrogens is 332 g/mol. The molecule has 0 aromatic carbocycles. The topological polar surface area (TPSA) is 156 Å². The van der Waals surface area contributed by atoms with Crippen molar-refractivity contribution in [2.75, 3.05) is 6.61 Å². The molecule has 0 aliphatic rings. The highest BCUT2D eigenvalue weighted by molar-refractivity contribution is 5.06. The van der Waals surface area contributed by atoms with E-state index in [4.69, 9.17) is 20.1 Å². The molecule has 144 valence electrons. The SMILES string of the molecule is CCCCOC(O)CC(O)C(O)c1cnc(CCCC(O)(O)O)cn1. The lowest BCUT2D eigenvalue weighted by Gasteiger charge is -2.20. The van der Waals surface area contributed by atoms with E-state index in [1.807, 2.05) is 6.92 Å². The molecule has 9 nitrogen and oxygen atoms in total. The predicted octanol–water partition coefficient (Wildman–Crippen LogP) is -0.651. The van der Waals surface area contributed by atoms with Crippen LogP contribution in [0.1, 0.15) is 56.5 Å². The van der Waals surface area contributed by atoms with Gasteiger partial charge in [-0.2, -0.15) is 0 Å². The Balaban J connectivity index is 2.45. The number of aryl methyl sites for hydroxylation is 1. The maximum atomic E-state index is 10.1. The molecule has 0 bridgehead atoms. The summed E-state index contributed by atoms with van der Waals surface area (Å²) in [6.45, 7) is 2.37. The van der Waals surface area contributed by atoms with Crippen molar-refractivity contribution in [2.45, 2.75) is 69.9 Å². The molecule has 25 heavy (non-hydrogen) atoms. The number of nitrogens with zero attached hydrogens (tertiary/aromatic N) is 2. The maximum Gasteiger partial charge on any atom is 0.275 e. The average molecular weight is 360 g/mol. The minimum absolute atomic E-state index is 0.151. The zero-order chi connectivity index (χ0) is 18.9. The van der Waals surface area contributed by atoms with Gasteiger partial charge in [-0.1, -0.05) is 13.3 Å². The van der Waals surface area contributed by atoms with Crippen LogP contribution >= 0.6 is 0 Å². The van der Waals surface area contributed by atoms with Crippen molar-refractivity contribution in [1.29, 1.82) is 0 Å². The first-order chi connectivity index (χ1) is 11.7. The number of aliphatic hydroxyl groups is 6. The van der Waals surface area contributed by atoms with E-state index in [-0.39, 0.29) is 25.0 Å². The Hall–Kier alpha value is -1.20. The van der Waals surface area contributed by atoms with Gasteiger partial charge in [-0.15, -0.1) is 0 Å². The van der Waals surface area contributed by atoms with Gasteiger partial charge in [-0.3, -0.25) is 9.97 Å². The predicted molar refractivity (Wildman–Crippen MR) is 86.8 cm³/mol. The van der Waals surface area contributed by atoms with Crippen LogP contribution in [0.5, 0.6) is 0 Å². The Bertz CT molecular complexity index is 478. The van der Waals surface area contributed by atoms with Crippen LogP contribution in [0.15, 0.2) is 12.4 Å². The molecule has 1 aromatic rings. The highest BCUT2D eigenvalue weighted by Gasteiger charge is 2.23. The van der Waals surface area contributed by atoms with Gasteiger partial charge >= 0.3 is 0 Å². The number of hydrogen-bond acceptors (Lipinski definition) is 9. The molecule has 6 N–H and O–H groups in total. The van der Waals surface area contributed by atoms with E-state index in [1.54, 1.807) is 0 Å². The monoisotopic (exact) mass is 360 g/mol. The molecule has 1 rings (SSSR count). The summed E-state index contributed by atoms with van der Waals surface area (Å²) >= 11 is 0. The Morgan fingerprint density at radius 1 is 1.08 bits per heavy atom. The lowest BCUT2D eigenvalue weighted by atomic mass is 10.1. The first kappa shape index (κ1) is 21.8. The summed E-state index contributed by atoms with van der Waals surface area (Å²) in [7, 11) is 0. The van der Waals surface area contributed by atoms with Crippen LogP contribution in [0, 0.1) is 0 Å². The number of ether oxygens (including phenoxy) is 1. The summed E-state index contributed by atoms with van der Waals surface area (Å²) in [5.74, 6) is -2.70. The van der Waals surface area contributed by atoms with Crippen molar-refractivity contribution in [3.05, 3.63) is 23.8 Å². The van der Waals surface area contributed by atoms with Gasteiger partial charge < -0.3 is 35.4 Å². The molecule has 0 spiro atoms. The minimum Gasteiger partial charge on any atom is -0.390 e. The van der Waals surface area contributed by atoms with E-state index < -0.39 is 24.5 Å². The number of rotatable bonds is 12. The van der Waals surface area contributed by atoms with E-state index in [9.17, 15) is 15.3 Å². The second-order valence-electron chi connectivity index (χ2n) is 5.99. The first-order valence-corrected chi connectivity index (χ1v) is 8.36. The fourth-order valence-corrected chi connectivity index (χ4v) is 2.12. The summed E-state index contributed by atoms with van der Waals surface area (Å²) in [4.78, 5) is 8.08. The summed E-state index contributed by atoms with van der Waals surface area (Å²) in [5, 5.41) is 56.1. The Morgan fingerprint density at radius 2 is 1.80 bits per heavy atom. The Morgan fingerprint density at radius 3 is 2.36 bits per heavy atom. The third-order valence-electron chi connectivity index (χ3n) is 3.59. The smallest absolute Gasteiger partial charge is 0.275 e. The third kappa shape index (κ3) is 9.17. The second-order valence-corrected chi connectivity index (χ2v) is 5.99. The molecule has 3 atom stereocenters. The van der Waals surface area contributed by atoms with Crippen LogP contribution in [-0.4, -0.2) is 65.6 Å². The van der Waals surface area contributed by atoms with E-state index in [0.29, 0.717) is 18.7 Å². The highest BCUT2D eigenvalue weighted by atomic mass is 16.7. The normalized spacial score (nSPS) is 15.8. The van der Waals surface area contributed by atoms with Gasteiger partial charge in [0.15, 0.2) is 6.29 Å². The molecule has 0 aliphatic carbocycles. The summed E-state index contributed by atoms with van der Waals surface area (Å²) in [5.41, 5.74) is 0.690. The molecule has 1 aromatic heterocycles. The molecule has 0 radical (unpaired) electrons. The van der Waals surface area contributed by atoms with Crippen LogP contribution < -0.4 is 0 Å². The number of unbranched alkanes of at least 4 members (excludes halogenated alkanes) is 1. The molecule has 0 amide bonds.